The largest absolute Gasteiger partial charge is 0.488 e. The minimum absolute atomic E-state index is 0.00422. The SMILES string of the molecule is CCOC(=O)C1=C(c2ccccc2)N=c2s/c(=C/c3ccccc3OCc3ccc([N+](=O)[O-])cc3)c(=O)n2[C@H]1c1ccc(SC)cc1. The number of thiazole rings is 1. The molecule has 1 atom stereocenters. The molecule has 0 saturated heterocycles. The smallest absolute Gasteiger partial charge is 0.338 e. The lowest BCUT2D eigenvalue weighted by Gasteiger charge is -2.26. The quantitative estimate of drug-likeness (QED) is 0.0763. The summed E-state index contributed by atoms with van der Waals surface area (Å²) in [5.41, 5.74) is 3.39. The number of ether oxygens (including phenoxy) is 2. The van der Waals surface area contributed by atoms with Gasteiger partial charge in [0.25, 0.3) is 11.2 Å². The topological polar surface area (TPSA) is 113 Å². The zero-order valence-electron chi connectivity index (χ0n) is 25.5. The van der Waals surface area contributed by atoms with E-state index in [1.54, 1.807) is 47.5 Å². The van der Waals surface area contributed by atoms with E-state index >= 15 is 0 Å². The summed E-state index contributed by atoms with van der Waals surface area (Å²) in [5, 5.41) is 11.0. The number of thioether (sulfide) groups is 1. The summed E-state index contributed by atoms with van der Waals surface area (Å²) >= 11 is 2.84. The van der Waals surface area contributed by atoms with E-state index in [0.717, 1.165) is 21.6 Å². The zero-order valence-corrected chi connectivity index (χ0v) is 27.1. The van der Waals surface area contributed by atoms with Gasteiger partial charge in [-0.1, -0.05) is 72.0 Å². The molecule has 2 heterocycles. The van der Waals surface area contributed by atoms with Crippen LogP contribution in [-0.2, 0) is 16.1 Å². The van der Waals surface area contributed by atoms with Gasteiger partial charge in [-0.2, -0.15) is 0 Å². The van der Waals surface area contributed by atoms with Crippen LogP contribution in [0.1, 0.15) is 35.2 Å². The van der Waals surface area contributed by atoms with Gasteiger partial charge in [0.2, 0.25) is 0 Å². The normalized spacial score (nSPS) is 14.3. The fourth-order valence-electron chi connectivity index (χ4n) is 5.29. The lowest BCUT2D eigenvalue weighted by molar-refractivity contribution is -0.384. The van der Waals surface area contributed by atoms with Gasteiger partial charge >= 0.3 is 5.97 Å². The molecule has 0 radical (unpaired) electrons. The first-order chi connectivity index (χ1) is 22.9. The van der Waals surface area contributed by atoms with Gasteiger partial charge in [-0.15, -0.1) is 11.8 Å². The molecule has 0 bridgehead atoms. The number of nitro benzene ring substituents is 1. The van der Waals surface area contributed by atoms with Gasteiger partial charge in [-0.25, -0.2) is 9.79 Å². The van der Waals surface area contributed by atoms with Crippen molar-refractivity contribution in [3.63, 3.8) is 0 Å². The highest BCUT2D eigenvalue weighted by Gasteiger charge is 2.35. The fourth-order valence-corrected chi connectivity index (χ4v) is 6.69. The average molecular weight is 664 g/mol. The third kappa shape index (κ3) is 6.67. The Balaban J connectivity index is 1.48. The first kappa shape index (κ1) is 31.7. The Morgan fingerprint density at radius 2 is 1.70 bits per heavy atom. The summed E-state index contributed by atoms with van der Waals surface area (Å²) < 4.78 is 13.6. The molecule has 0 N–H and O–H groups in total. The molecule has 0 spiro atoms. The number of esters is 1. The first-order valence-corrected chi connectivity index (χ1v) is 16.8. The number of carbonyl (C=O) groups is 1. The van der Waals surface area contributed by atoms with E-state index in [0.29, 0.717) is 31.9 Å². The standard InChI is InChI=1S/C36H29N3O6S2/c1-3-44-35(41)31-32(24-9-5-4-6-10-24)37-36-38(33(31)25-15-19-28(46-2)20-16-25)34(40)30(47-36)21-26-11-7-8-12-29(26)45-22-23-13-17-27(18-14-23)39(42)43/h4-21,33H,3,22H2,1-2H3/b30-21+/t33-/m0/s1. The van der Waals surface area contributed by atoms with Gasteiger partial charge in [0, 0.05) is 28.2 Å². The second-order valence-electron chi connectivity index (χ2n) is 10.5. The molecule has 5 aromatic rings. The summed E-state index contributed by atoms with van der Waals surface area (Å²) in [6.07, 6.45) is 3.75. The van der Waals surface area contributed by atoms with Crippen LogP contribution in [0.5, 0.6) is 5.75 Å². The van der Waals surface area contributed by atoms with Crippen molar-refractivity contribution < 1.29 is 19.2 Å². The predicted molar refractivity (Wildman–Crippen MR) is 183 cm³/mol. The van der Waals surface area contributed by atoms with Crippen LogP contribution in [0.2, 0.25) is 0 Å². The van der Waals surface area contributed by atoms with Crippen LogP contribution in [0.3, 0.4) is 0 Å². The van der Waals surface area contributed by atoms with Gasteiger partial charge < -0.3 is 9.47 Å². The van der Waals surface area contributed by atoms with E-state index < -0.39 is 16.9 Å². The average Bonchev–Trinajstić information content (AvgIpc) is 3.41. The molecular weight excluding hydrogens is 635 g/mol. The molecule has 0 fully saturated rings. The number of nitro groups is 1. The molecule has 47 heavy (non-hydrogen) atoms. The van der Waals surface area contributed by atoms with E-state index in [2.05, 4.69) is 0 Å². The number of fused-ring (bicyclic) bond motifs is 1. The summed E-state index contributed by atoms with van der Waals surface area (Å²) in [6.45, 7) is 2.10. The predicted octanol–water partition coefficient (Wildman–Crippen LogP) is 6.14. The molecule has 6 rings (SSSR count). The third-order valence-corrected chi connectivity index (χ3v) is 9.28. The molecule has 11 heteroatoms. The minimum Gasteiger partial charge on any atom is -0.488 e. The van der Waals surface area contributed by atoms with Crippen molar-refractivity contribution in [3.05, 3.63) is 161 Å². The number of carbonyl (C=O) groups excluding carboxylic acids is 1. The highest BCUT2D eigenvalue weighted by Crippen LogP contribution is 2.35. The molecule has 1 aromatic heterocycles. The maximum absolute atomic E-state index is 14.3. The van der Waals surface area contributed by atoms with Crippen molar-refractivity contribution in [3.8, 4) is 5.75 Å². The lowest BCUT2D eigenvalue weighted by Crippen LogP contribution is -2.40. The van der Waals surface area contributed by atoms with E-state index in [-0.39, 0.29) is 24.5 Å². The summed E-state index contributed by atoms with van der Waals surface area (Å²) in [4.78, 5) is 44.9. The van der Waals surface area contributed by atoms with Crippen molar-refractivity contribution in [1.29, 1.82) is 0 Å². The number of hydrogen-bond donors (Lipinski definition) is 0. The van der Waals surface area contributed by atoms with E-state index in [1.165, 1.54) is 23.5 Å². The van der Waals surface area contributed by atoms with Crippen LogP contribution < -0.4 is 19.6 Å². The first-order valence-electron chi connectivity index (χ1n) is 14.8. The van der Waals surface area contributed by atoms with Crippen LogP contribution >= 0.6 is 23.1 Å². The maximum Gasteiger partial charge on any atom is 0.338 e. The number of benzene rings is 4. The zero-order chi connectivity index (χ0) is 32.9. The van der Waals surface area contributed by atoms with Crippen molar-refractivity contribution in [2.45, 2.75) is 24.5 Å². The van der Waals surface area contributed by atoms with Crippen molar-refractivity contribution in [2.24, 2.45) is 4.99 Å². The maximum atomic E-state index is 14.3. The Labute approximate surface area is 278 Å². The van der Waals surface area contributed by atoms with Gasteiger partial charge in [0.15, 0.2) is 4.80 Å². The van der Waals surface area contributed by atoms with E-state index in [4.69, 9.17) is 14.5 Å². The summed E-state index contributed by atoms with van der Waals surface area (Å²) in [6, 6.07) is 30.0. The summed E-state index contributed by atoms with van der Waals surface area (Å²) in [7, 11) is 0. The van der Waals surface area contributed by atoms with Crippen molar-refractivity contribution in [1.82, 2.24) is 4.57 Å². The molecule has 0 unspecified atom stereocenters. The number of aromatic nitrogens is 1. The Kier molecular flexibility index (Phi) is 9.46. The van der Waals surface area contributed by atoms with Gasteiger partial charge in [0.1, 0.15) is 12.4 Å². The van der Waals surface area contributed by atoms with Crippen molar-refractivity contribution >= 4 is 46.5 Å². The van der Waals surface area contributed by atoms with Crippen LogP contribution in [0.25, 0.3) is 11.8 Å². The Hall–Kier alpha value is -5.26. The number of hydrogen-bond acceptors (Lipinski definition) is 9. The molecule has 9 nitrogen and oxygen atoms in total. The monoisotopic (exact) mass is 663 g/mol. The molecule has 1 aliphatic rings. The molecule has 0 saturated carbocycles. The second kappa shape index (κ2) is 14.0. The minimum atomic E-state index is -0.771. The molecule has 236 valence electrons. The second-order valence-corrected chi connectivity index (χ2v) is 12.3. The van der Waals surface area contributed by atoms with E-state index in [9.17, 15) is 19.7 Å². The number of para-hydroxylation sites is 1. The number of nitrogens with zero attached hydrogens (tertiary/aromatic N) is 3. The number of non-ortho nitro benzene ring substituents is 1. The van der Waals surface area contributed by atoms with Gasteiger partial charge in [-0.05, 0) is 60.7 Å². The van der Waals surface area contributed by atoms with Crippen LogP contribution in [0, 0.1) is 10.1 Å². The van der Waals surface area contributed by atoms with Gasteiger partial charge in [0.05, 0.1) is 33.4 Å². The fraction of sp³-hybridized carbons (Fsp3) is 0.139. The molecule has 0 aliphatic carbocycles. The van der Waals surface area contributed by atoms with E-state index in [1.807, 2.05) is 79.1 Å². The Bertz CT molecular complexity index is 2160. The lowest BCUT2D eigenvalue weighted by atomic mass is 9.93. The molecule has 1 aliphatic heterocycles. The van der Waals surface area contributed by atoms with Crippen LogP contribution in [0.4, 0.5) is 5.69 Å². The van der Waals surface area contributed by atoms with Crippen molar-refractivity contribution in [2.75, 3.05) is 12.9 Å². The molecular formula is C36H29N3O6S2. The summed E-state index contributed by atoms with van der Waals surface area (Å²) in [5.74, 6) is 0.00592. The van der Waals surface area contributed by atoms with Crippen LogP contribution in [0.15, 0.2) is 123 Å². The van der Waals surface area contributed by atoms with Gasteiger partial charge in [-0.3, -0.25) is 19.5 Å². The molecule has 0 amide bonds. The molecule has 4 aromatic carbocycles. The highest BCUT2D eigenvalue weighted by atomic mass is 32.2. The van der Waals surface area contributed by atoms with Crippen LogP contribution in [-0.4, -0.2) is 28.3 Å². The Morgan fingerprint density at radius 1 is 1.00 bits per heavy atom. The third-order valence-electron chi connectivity index (χ3n) is 7.55. The number of rotatable bonds is 10. The Morgan fingerprint density at radius 3 is 2.38 bits per heavy atom. The highest BCUT2D eigenvalue weighted by molar-refractivity contribution is 7.98.